The number of nitrogens with zero attached hydrogens (tertiary/aromatic N) is 2. The lowest BCUT2D eigenvalue weighted by molar-refractivity contribution is 0.549. The summed E-state index contributed by atoms with van der Waals surface area (Å²) >= 11 is 0. The Morgan fingerprint density at radius 3 is 2.54 bits per heavy atom. The second-order valence-electron chi connectivity index (χ2n) is 2.69. The van der Waals surface area contributed by atoms with Crippen molar-refractivity contribution in [2.24, 2.45) is 0 Å². The molecule has 2 N–H and O–H groups in total. The number of aryl methyl sites for hydroxylation is 1. The molecule has 2 aromatic heterocycles. The smallest absolute Gasteiger partial charge is 0.292 e. The molecule has 0 amide bonds. The molecule has 0 spiro atoms. The fraction of sp³-hybridized carbons (Fsp3) is 0.111. The van der Waals surface area contributed by atoms with Crippen LogP contribution < -0.4 is 5.73 Å². The van der Waals surface area contributed by atoms with Crippen molar-refractivity contribution >= 4 is 6.01 Å². The highest BCUT2D eigenvalue weighted by atomic mass is 16.4. The van der Waals surface area contributed by atoms with Crippen molar-refractivity contribution in [3.8, 4) is 11.3 Å². The SMILES string of the molecule is Cc1oc(N)nc1-c1ccncc1. The van der Waals surface area contributed by atoms with Crippen LogP contribution in [0.4, 0.5) is 6.01 Å². The zero-order valence-electron chi connectivity index (χ0n) is 7.19. The Bertz CT molecular complexity index is 408. The summed E-state index contributed by atoms with van der Waals surface area (Å²) in [5.41, 5.74) is 7.17. The van der Waals surface area contributed by atoms with Gasteiger partial charge in [0.1, 0.15) is 11.5 Å². The molecule has 0 atom stereocenters. The Morgan fingerprint density at radius 1 is 1.31 bits per heavy atom. The summed E-state index contributed by atoms with van der Waals surface area (Å²) in [6.45, 7) is 1.83. The first kappa shape index (κ1) is 7.79. The normalized spacial score (nSPS) is 10.2. The lowest BCUT2D eigenvalue weighted by Gasteiger charge is -1.94. The quantitative estimate of drug-likeness (QED) is 0.715. The van der Waals surface area contributed by atoms with E-state index in [2.05, 4.69) is 9.97 Å². The molecular weight excluding hydrogens is 166 g/mol. The van der Waals surface area contributed by atoms with Crippen molar-refractivity contribution in [1.82, 2.24) is 9.97 Å². The third-order valence-corrected chi connectivity index (χ3v) is 1.77. The van der Waals surface area contributed by atoms with Gasteiger partial charge in [-0.1, -0.05) is 0 Å². The Morgan fingerprint density at radius 2 is 2.00 bits per heavy atom. The molecule has 0 bridgehead atoms. The van der Waals surface area contributed by atoms with Crippen molar-refractivity contribution < 1.29 is 4.42 Å². The molecule has 2 rings (SSSR count). The van der Waals surface area contributed by atoms with E-state index in [0.29, 0.717) is 0 Å². The molecule has 4 nitrogen and oxygen atoms in total. The standard InChI is InChI=1S/C9H9N3O/c1-6-8(12-9(10)13-6)7-2-4-11-5-3-7/h2-5H,1H3,(H2,10,12). The molecule has 0 saturated carbocycles. The zero-order chi connectivity index (χ0) is 9.26. The summed E-state index contributed by atoms with van der Waals surface area (Å²) in [5, 5.41) is 0. The van der Waals surface area contributed by atoms with E-state index in [9.17, 15) is 0 Å². The van der Waals surface area contributed by atoms with E-state index < -0.39 is 0 Å². The van der Waals surface area contributed by atoms with Crippen LogP contribution in [0.1, 0.15) is 5.76 Å². The van der Waals surface area contributed by atoms with Crippen molar-refractivity contribution in [3.05, 3.63) is 30.3 Å². The first-order valence-corrected chi connectivity index (χ1v) is 3.90. The molecule has 0 aromatic carbocycles. The van der Waals surface area contributed by atoms with Gasteiger partial charge in [-0.05, 0) is 19.1 Å². The second-order valence-corrected chi connectivity index (χ2v) is 2.69. The Hall–Kier alpha value is -1.84. The third kappa shape index (κ3) is 1.38. The Balaban J connectivity index is 2.53. The van der Waals surface area contributed by atoms with Gasteiger partial charge in [0.2, 0.25) is 0 Å². The van der Waals surface area contributed by atoms with Crippen molar-refractivity contribution in [3.63, 3.8) is 0 Å². The van der Waals surface area contributed by atoms with Crippen molar-refractivity contribution in [2.75, 3.05) is 5.73 Å². The summed E-state index contributed by atoms with van der Waals surface area (Å²) in [5.74, 6) is 0.726. The first-order chi connectivity index (χ1) is 6.27. The van der Waals surface area contributed by atoms with Crippen LogP contribution >= 0.6 is 0 Å². The molecule has 0 aliphatic carbocycles. The van der Waals surface area contributed by atoms with E-state index >= 15 is 0 Å². The van der Waals surface area contributed by atoms with E-state index in [1.54, 1.807) is 12.4 Å². The number of pyridine rings is 1. The van der Waals surface area contributed by atoms with Gasteiger partial charge in [0.15, 0.2) is 0 Å². The van der Waals surface area contributed by atoms with Gasteiger partial charge >= 0.3 is 0 Å². The van der Waals surface area contributed by atoms with Crippen LogP contribution in [0, 0.1) is 6.92 Å². The minimum atomic E-state index is 0.198. The maximum atomic E-state index is 5.42. The predicted molar refractivity (Wildman–Crippen MR) is 48.9 cm³/mol. The molecule has 0 aliphatic heterocycles. The third-order valence-electron chi connectivity index (χ3n) is 1.77. The molecule has 0 fully saturated rings. The number of anilines is 1. The Labute approximate surface area is 75.4 Å². The van der Waals surface area contributed by atoms with Gasteiger partial charge in [-0.15, -0.1) is 0 Å². The van der Waals surface area contributed by atoms with Crippen LogP contribution in [-0.4, -0.2) is 9.97 Å². The highest BCUT2D eigenvalue weighted by Crippen LogP contribution is 2.22. The van der Waals surface area contributed by atoms with Crippen LogP contribution in [0.2, 0.25) is 0 Å². The monoisotopic (exact) mass is 175 g/mol. The fourth-order valence-electron chi connectivity index (χ4n) is 1.19. The number of aromatic nitrogens is 2. The van der Waals surface area contributed by atoms with Crippen LogP contribution in [0.25, 0.3) is 11.3 Å². The molecule has 4 heteroatoms. The van der Waals surface area contributed by atoms with Gasteiger partial charge in [0, 0.05) is 18.0 Å². The van der Waals surface area contributed by atoms with Crippen LogP contribution in [-0.2, 0) is 0 Å². The maximum Gasteiger partial charge on any atom is 0.292 e. The number of nitrogen functional groups attached to an aromatic ring is 1. The van der Waals surface area contributed by atoms with E-state index in [4.69, 9.17) is 10.2 Å². The molecule has 0 aliphatic rings. The summed E-state index contributed by atoms with van der Waals surface area (Å²) in [6, 6.07) is 3.93. The average Bonchev–Trinajstić information content (AvgIpc) is 2.47. The van der Waals surface area contributed by atoms with Gasteiger partial charge in [-0.2, -0.15) is 4.98 Å². The van der Waals surface area contributed by atoms with E-state index in [1.807, 2.05) is 19.1 Å². The average molecular weight is 175 g/mol. The van der Waals surface area contributed by atoms with Crippen molar-refractivity contribution in [2.45, 2.75) is 6.92 Å². The molecule has 2 heterocycles. The molecule has 0 radical (unpaired) electrons. The summed E-state index contributed by atoms with van der Waals surface area (Å²) < 4.78 is 5.12. The van der Waals surface area contributed by atoms with Gasteiger partial charge in [0.25, 0.3) is 6.01 Å². The number of nitrogens with two attached hydrogens (primary N) is 1. The number of rotatable bonds is 1. The van der Waals surface area contributed by atoms with Crippen LogP contribution in [0.15, 0.2) is 28.9 Å². The minimum absolute atomic E-state index is 0.198. The predicted octanol–water partition coefficient (Wildman–Crippen LogP) is 1.63. The Kier molecular flexibility index (Phi) is 1.73. The topological polar surface area (TPSA) is 64.9 Å². The number of hydrogen-bond acceptors (Lipinski definition) is 4. The number of oxazole rings is 1. The van der Waals surface area contributed by atoms with Crippen LogP contribution in [0.5, 0.6) is 0 Å². The van der Waals surface area contributed by atoms with E-state index in [1.165, 1.54) is 0 Å². The molecule has 0 unspecified atom stereocenters. The maximum absolute atomic E-state index is 5.42. The lowest BCUT2D eigenvalue weighted by Crippen LogP contribution is -1.84. The molecule has 0 saturated heterocycles. The van der Waals surface area contributed by atoms with Gasteiger partial charge < -0.3 is 10.2 Å². The largest absolute Gasteiger partial charge is 0.429 e. The van der Waals surface area contributed by atoms with E-state index in [-0.39, 0.29) is 6.01 Å². The lowest BCUT2D eigenvalue weighted by atomic mass is 10.2. The van der Waals surface area contributed by atoms with Gasteiger partial charge in [0.05, 0.1) is 0 Å². The second kappa shape index (κ2) is 2.90. The van der Waals surface area contributed by atoms with Crippen molar-refractivity contribution in [1.29, 1.82) is 0 Å². The molecule has 66 valence electrons. The molecule has 13 heavy (non-hydrogen) atoms. The highest BCUT2D eigenvalue weighted by Gasteiger charge is 2.08. The number of hydrogen-bond donors (Lipinski definition) is 1. The zero-order valence-corrected chi connectivity index (χ0v) is 7.19. The van der Waals surface area contributed by atoms with Crippen LogP contribution in [0.3, 0.4) is 0 Å². The highest BCUT2D eigenvalue weighted by molar-refractivity contribution is 5.61. The summed E-state index contributed by atoms with van der Waals surface area (Å²) in [4.78, 5) is 7.98. The van der Waals surface area contributed by atoms with Gasteiger partial charge in [-0.25, -0.2) is 0 Å². The first-order valence-electron chi connectivity index (χ1n) is 3.90. The summed E-state index contributed by atoms with van der Waals surface area (Å²) in [7, 11) is 0. The summed E-state index contributed by atoms with van der Waals surface area (Å²) in [6.07, 6.45) is 3.42. The fourth-order valence-corrected chi connectivity index (χ4v) is 1.19. The van der Waals surface area contributed by atoms with Gasteiger partial charge in [-0.3, -0.25) is 4.98 Å². The van der Waals surface area contributed by atoms with E-state index in [0.717, 1.165) is 17.0 Å². The minimum Gasteiger partial charge on any atom is -0.429 e. The molecule has 2 aromatic rings. The molecular formula is C9H9N3O.